The Morgan fingerprint density at radius 2 is 1.90 bits per heavy atom. The first-order chi connectivity index (χ1) is 14.5. The minimum atomic E-state index is -0.694. The van der Waals surface area contributed by atoms with Crippen LogP contribution in [0.4, 0.5) is 0 Å². The quantitative estimate of drug-likeness (QED) is 0.309. The molecule has 0 aromatic heterocycles. The number of hydrogen-bond donors (Lipinski definition) is 1. The largest absolute Gasteiger partial charge is 0.507 e. The fraction of sp³-hybridized carbons (Fsp3) is 0.250. The molecule has 2 aromatic carbocycles. The SMILES string of the molecule is C=CCOc1ccc(C(O)=C2C(=O)C(=O)N(CCC)C2c2cccc(OC)c2)cc1. The lowest BCUT2D eigenvalue weighted by molar-refractivity contribution is -0.139. The zero-order valence-electron chi connectivity index (χ0n) is 17.1. The molecule has 2 aromatic rings. The van der Waals surface area contributed by atoms with Crippen LogP contribution in [-0.2, 0) is 9.59 Å². The number of benzene rings is 2. The molecule has 1 fully saturated rings. The maximum Gasteiger partial charge on any atom is 0.295 e. The molecule has 1 amide bonds. The van der Waals surface area contributed by atoms with Gasteiger partial charge in [0.15, 0.2) is 0 Å². The number of ketones is 1. The van der Waals surface area contributed by atoms with Gasteiger partial charge in [-0.1, -0.05) is 31.7 Å². The lowest BCUT2D eigenvalue weighted by Gasteiger charge is -2.25. The maximum atomic E-state index is 12.9. The second-order valence-corrected chi connectivity index (χ2v) is 6.89. The monoisotopic (exact) mass is 407 g/mol. The normalized spacial score (nSPS) is 17.8. The van der Waals surface area contributed by atoms with Crippen LogP contribution in [0.15, 0.2) is 66.8 Å². The van der Waals surface area contributed by atoms with E-state index in [-0.39, 0.29) is 11.3 Å². The van der Waals surface area contributed by atoms with Crippen LogP contribution in [-0.4, -0.2) is 42.0 Å². The molecule has 156 valence electrons. The first kappa shape index (κ1) is 21.2. The highest BCUT2D eigenvalue weighted by Gasteiger charge is 2.45. The number of Topliss-reactive ketones (excluding diaryl/α,β-unsaturated/α-hetero) is 1. The first-order valence-electron chi connectivity index (χ1n) is 9.78. The summed E-state index contributed by atoms with van der Waals surface area (Å²) in [5.74, 6) is -0.298. The van der Waals surface area contributed by atoms with Gasteiger partial charge in [-0.25, -0.2) is 0 Å². The smallest absolute Gasteiger partial charge is 0.295 e. The van der Waals surface area contributed by atoms with Gasteiger partial charge in [0, 0.05) is 12.1 Å². The average Bonchev–Trinajstić information content (AvgIpc) is 3.03. The van der Waals surface area contributed by atoms with Gasteiger partial charge in [-0.05, 0) is 48.4 Å². The Morgan fingerprint density at radius 3 is 2.53 bits per heavy atom. The number of aliphatic hydroxyl groups excluding tert-OH is 1. The van der Waals surface area contributed by atoms with Crippen molar-refractivity contribution < 1.29 is 24.2 Å². The molecule has 1 N–H and O–H groups in total. The Bertz CT molecular complexity index is 977. The van der Waals surface area contributed by atoms with E-state index in [0.717, 1.165) is 0 Å². The highest BCUT2D eigenvalue weighted by molar-refractivity contribution is 6.46. The summed E-state index contributed by atoms with van der Waals surface area (Å²) in [6.07, 6.45) is 2.32. The van der Waals surface area contributed by atoms with Gasteiger partial charge >= 0.3 is 0 Å². The summed E-state index contributed by atoms with van der Waals surface area (Å²) in [5, 5.41) is 11.0. The highest BCUT2D eigenvalue weighted by Crippen LogP contribution is 2.40. The third-order valence-corrected chi connectivity index (χ3v) is 4.91. The molecular formula is C24H25NO5. The predicted molar refractivity (Wildman–Crippen MR) is 114 cm³/mol. The summed E-state index contributed by atoms with van der Waals surface area (Å²) < 4.78 is 10.8. The Kier molecular flexibility index (Phi) is 6.57. The number of likely N-dealkylation sites (tertiary alicyclic amines) is 1. The number of carbonyl (C=O) groups is 2. The molecule has 0 spiro atoms. The minimum absolute atomic E-state index is 0.0708. The number of methoxy groups -OCH3 is 1. The maximum absolute atomic E-state index is 12.9. The van der Waals surface area contributed by atoms with Crippen LogP contribution in [0.5, 0.6) is 11.5 Å². The van der Waals surface area contributed by atoms with E-state index >= 15 is 0 Å². The summed E-state index contributed by atoms with van der Waals surface area (Å²) in [7, 11) is 1.55. The highest BCUT2D eigenvalue weighted by atomic mass is 16.5. The van der Waals surface area contributed by atoms with Crippen molar-refractivity contribution in [2.24, 2.45) is 0 Å². The van der Waals surface area contributed by atoms with Gasteiger partial charge in [-0.3, -0.25) is 9.59 Å². The summed E-state index contributed by atoms with van der Waals surface area (Å²) in [6, 6.07) is 13.2. The molecule has 1 atom stereocenters. The molecule has 30 heavy (non-hydrogen) atoms. The van der Waals surface area contributed by atoms with Crippen LogP contribution < -0.4 is 9.47 Å². The van der Waals surface area contributed by atoms with Crippen LogP contribution >= 0.6 is 0 Å². The summed E-state index contributed by atoms with van der Waals surface area (Å²) in [5.41, 5.74) is 1.21. The van der Waals surface area contributed by atoms with Crippen molar-refractivity contribution in [3.63, 3.8) is 0 Å². The summed E-state index contributed by atoms with van der Waals surface area (Å²) >= 11 is 0. The van der Waals surface area contributed by atoms with Crippen molar-refractivity contribution in [2.45, 2.75) is 19.4 Å². The van der Waals surface area contributed by atoms with E-state index in [9.17, 15) is 14.7 Å². The molecular weight excluding hydrogens is 382 g/mol. The van der Waals surface area contributed by atoms with E-state index in [4.69, 9.17) is 9.47 Å². The van der Waals surface area contributed by atoms with E-state index in [1.807, 2.05) is 13.0 Å². The third-order valence-electron chi connectivity index (χ3n) is 4.91. The molecule has 1 heterocycles. The Hall–Kier alpha value is -3.54. The van der Waals surface area contributed by atoms with Crippen LogP contribution in [0.1, 0.15) is 30.5 Å². The Morgan fingerprint density at radius 1 is 1.17 bits per heavy atom. The van der Waals surface area contributed by atoms with Gasteiger partial charge in [0.2, 0.25) is 0 Å². The van der Waals surface area contributed by atoms with E-state index in [1.54, 1.807) is 55.7 Å². The molecule has 1 aliphatic rings. The molecule has 6 nitrogen and oxygen atoms in total. The Labute approximate surface area is 176 Å². The number of hydrogen-bond acceptors (Lipinski definition) is 5. The number of amides is 1. The van der Waals surface area contributed by atoms with Crippen LogP contribution in [0.25, 0.3) is 5.76 Å². The predicted octanol–water partition coefficient (Wildman–Crippen LogP) is 4.09. The van der Waals surface area contributed by atoms with Gasteiger partial charge < -0.3 is 19.5 Å². The lowest BCUT2D eigenvalue weighted by atomic mass is 9.95. The lowest BCUT2D eigenvalue weighted by Crippen LogP contribution is -2.30. The standard InChI is InChI=1S/C24H25NO5/c1-4-13-25-21(17-7-6-8-19(15-17)29-3)20(23(27)24(25)28)22(26)16-9-11-18(12-10-16)30-14-5-2/h5-12,15,21,26H,2,4,13-14H2,1,3H3. The fourth-order valence-electron chi connectivity index (χ4n) is 3.53. The van der Waals surface area contributed by atoms with Crippen molar-refractivity contribution in [1.82, 2.24) is 4.90 Å². The molecule has 1 aliphatic heterocycles. The van der Waals surface area contributed by atoms with E-state index in [1.165, 1.54) is 4.90 Å². The second-order valence-electron chi connectivity index (χ2n) is 6.89. The van der Waals surface area contributed by atoms with Crippen molar-refractivity contribution >= 4 is 17.4 Å². The molecule has 0 saturated carbocycles. The number of nitrogens with zero attached hydrogens (tertiary/aromatic N) is 1. The van der Waals surface area contributed by atoms with Gasteiger partial charge in [0.25, 0.3) is 11.7 Å². The van der Waals surface area contributed by atoms with Crippen molar-refractivity contribution in [1.29, 1.82) is 0 Å². The molecule has 0 aliphatic carbocycles. The molecule has 3 rings (SSSR count). The number of carbonyl (C=O) groups excluding carboxylic acids is 2. The number of rotatable bonds is 8. The second kappa shape index (κ2) is 9.31. The summed E-state index contributed by atoms with van der Waals surface area (Å²) in [4.78, 5) is 27.1. The zero-order valence-corrected chi connectivity index (χ0v) is 17.1. The Balaban J connectivity index is 2.09. The molecule has 1 unspecified atom stereocenters. The van der Waals surface area contributed by atoms with Gasteiger partial charge in [0.05, 0.1) is 18.7 Å². The molecule has 0 bridgehead atoms. The average molecular weight is 407 g/mol. The topological polar surface area (TPSA) is 76.1 Å². The number of aliphatic hydroxyl groups is 1. The van der Waals surface area contributed by atoms with Crippen molar-refractivity contribution in [3.8, 4) is 11.5 Å². The van der Waals surface area contributed by atoms with Crippen LogP contribution in [0.2, 0.25) is 0 Å². The molecule has 1 saturated heterocycles. The van der Waals surface area contributed by atoms with E-state index in [0.29, 0.717) is 42.2 Å². The summed E-state index contributed by atoms with van der Waals surface area (Å²) in [6.45, 7) is 6.30. The van der Waals surface area contributed by atoms with E-state index in [2.05, 4.69) is 6.58 Å². The first-order valence-corrected chi connectivity index (χ1v) is 9.78. The van der Waals surface area contributed by atoms with Crippen molar-refractivity contribution in [2.75, 3.05) is 20.3 Å². The zero-order chi connectivity index (χ0) is 21.7. The van der Waals surface area contributed by atoms with Gasteiger partial charge in [-0.15, -0.1) is 0 Å². The molecule has 0 radical (unpaired) electrons. The molecule has 6 heteroatoms. The van der Waals surface area contributed by atoms with Crippen molar-refractivity contribution in [3.05, 3.63) is 77.9 Å². The van der Waals surface area contributed by atoms with Crippen LogP contribution in [0.3, 0.4) is 0 Å². The van der Waals surface area contributed by atoms with Gasteiger partial charge in [-0.2, -0.15) is 0 Å². The fourth-order valence-corrected chi connectivity index (χ4v) is 3.53. The van der Waals surface area contributed by atoms with Gasteiger partial charge in [0.1, 0.15) is 23.9 Å². The third kappa shape index (κ3) is 4.08. The van der Waals surface area contributed by atoms with Crippen LogP contribution in [0, 0.1) is 0 Å². The van der Waals surface area contributed by atoms with E-state index < -0.39 is 17.7 Å². The minimum Gasteiger partial charge on any atom is -0.507 e. The number of ether oxygens (including phenoxy) is 2.